The van der Waals surface area contributed by atoms with E-state index in [-0.39, 0.29) is 5.91 Å². The van der Waals surface area contributed by atoms with Crippen LogP contribution in [0.2, 0.25) is 0 Å². The van der Waals surface area contributed by atoms with Crippen molar-refractivity contribution in [2.24, 2.45) is 0 Å². The Kier molecular flexibility index (Phi) is 4.37. The molecule has 1 amide bonds. The fraction of sp³-hybridized carbons (Fsp3) is 0.143. The zero-order valence-corrected chi connectivity index (χ0v) is 13.7. The zero-order chi connectivity index (χ0) is 14.0. The van der Waals surface area contributed by atoms with Crippen LogP contribution in [0.25, 0.3) is 0 Å². The maximum absolute atomic E-state index is 12.1. The van der Waals surface area contributed by atoms with Crippen LogP contribution in [-0.2, 0) is 0 Å². The van der Waals surface area contributed by atoms with E-state index in [0.29, 0.717) is 11.3 Å². The van der Waals surface area contributed by atoms with Crippen LogP contribution in [0, 0.1) is 13.8 Å². The number of benzene rings is 1. The summed E-state index contributed by atoms with van der Waals surface area (Å²) < 4.78 is 1.77. The molecule has 0 saturated carbocycles. The van der Waals surface area contributed by atoms with E-state index in [1.807, 2.05) is 32.0 Å². The van der Waals surface area contributed by atoms with Crippen molar-refractivity contribution in [2.75, 3.05) is 5.32 Å². The van der Waals surface area contributed by atoms with E-state index in [1.54, 1.807) is 12.3 Å². The molecule has 98 valence electrons. The maximum Gasteiger partial charge on any atom is 0.255 e. The van der Waals surface area contributed by atoms with Gasteiger partial charge < -0.3 is 5.32 Å². The first-order chi connectivity index (χ1) is 8.97. The van der Waals surface area contributed by atoms with E-state index in [9.17, 15) is 4.79 Å². The van der Waals surface area contributed by atoms with Gasteiger partial charge in [0.25, 0.3) is 5.91 Å². The van der Waals surface area contributed by atoms with Crippen molar-refractivity contribution in [3.05, 3.63) is 56.2 Å². The fourth-order valence-corrected chi connectivity index (χ4v) is 2.08. The third-order valence-electron chi connectivity index (χ3n) is 2.69. The highest BCUT2D eigenvalue weighted by molar-refractivity contribution is 9.10. The van der Waals surface area contributed by atoms with Crippen molar-refractivity contribution in [1.29, 1.82) is 0 Å². The van der Waals surface area contributed by atoms with E-state index < -0.39 is 0 Å². The van der Waals surface area contributed by atoms with Crippen molar-refractivity contribution in [2.45, 2.75) is 13.8 Å². The summed E-state index contributed by atoms with van der Waals surface area (Å²) in [5.74, 6) is -0.140. The number of halogens is 2. The highest BCUT2D eigenvalue weighted by Crippen LogP contribution is 2.20. The molecule has 1 N–H and O–H groups in total. The Morgan fingerprint density at radius 3 is 2.53 bits per heavy atom. The van der Waals surface area contributed by atoms with Gasteiger partial charge in [-0.15, -0.1) is 0 Å². The topological polar surface area (TPSA) is 42.0 Å². The molecule has 5 heteroatoms. The number of carbonyl (C=O) groups excluding carboxylic acids is 1. The first-order valence-electron chi connectivity index (χ1n) is 5.67. The summed E-state index contributed by atoms with van der Waals surface area (Å²) in [6.45, 7) is 3.88. The Hall–Kier alpha value is -1.20. The number of anilines is 1. The average Bonchev–Trinajstić information content (AvgIpc) is 2.37. The predicted octanol–water partition coefficient (Wildman–Crippen LogP) is 4.48. The van der Waals surface area contributed by atoms with Gasteiger partial charge in [0.05, 0.1) is 11.9 Å². The third kappa shape index (κ3) is 3.42. The molecule has 0 unspecified atom stereocenters. The normalized spacial score (nSPS) is 10.3. The number of carbonyl (C=O) groups is 1. The second kappa shape index (κ2) is 5.84. The van der Waals surface area contributed by atoms with E-state index in [0.717, 1.165) is 20.2 Å². The molecule has 0 radical (unpaired) electrons. The smallest absolute Gasteiger partial charge is 0.255 e. The molecule has 1 aromatic carbocycles. The number of hydrogen-bond acceptors (Lipinski definition) is 2. The second-order valence-corrected chi connectivity index (χ2v) is 5.86. The Morgan fingerprint density at radius 2 is 1.89 bits per heavy atom. The van der Waals surface area contributed by atoms with Gasteiger partial charge in [-0.3, -0.25) is 4.79 Å². The lowest BCUT2D eigenvalue weighted by atomic mass is 10.1. The summed E-state index contributed by atoms with van der Waals surface area (Å²) in [6.07, 6.45) is 1.63. The largest absolute Gasteiger partial charge is 0.321 e. The molecule has 0 spiro atoms. The molecule has 0 aliphatic carbocycles. The lowest BCUT2D eigenvalue weighted by Crippen LogP contribution is -2.12. The minimum absolute atomic E-state index is 0.140. The van der Waals surface area contributed by atoms with Crippen LogP contribution >= 0.6 is 31.9 Å². The van der Waals surface area contributed by atoms with Crippen molar-refractivity contribution in [3.8, 4) is 0 Å². The highest BCUT2D eigenvalue weighted by Gasteiger charge is 2.08. The standard InChI is InChI=1S/C14H12Br2N2O/c1-8-5-10(3-4-12(8)15)14(19)18-11-6-9(2)13(16)17-7-11/h3-7H,1-2H3,(H,18,19). The van der Waals surface area contributed by atoms with Crippen molar-refractivity contribution in [3.63, 3.8) is 0 Å². The number of rotatable bonds is 2. The molecule has 0 aliphatic heterocycles. The molecule has 0 saturated heterocycles. The quantitative estimate of drug-likeness (QED) is 0.777. The van der Waals surface area contributed by atoms with Crippen LogP contribution in [0.15, 0.2) is 39.5 Å². The Labute approximate surface area is 128 Å². The lowest BCUT2D eigenvalue weighted by molar-refractivity contribution is 0.102. The summed E-state index contributed by atoms with van der Waals surface area (Å²) in [5, 5.41) is 2.84. The van der Waals surface area contributed by atoms with Crippen molar-refractivity contribution in [1.82, 2.24) is 4.98 Å². The van der Waals surface area contributed by atoms with Crippen LogP contribution in [-0.4, -0.2) is 10.9 Å². The van der Waals surface area contributed by atoms with Crippen LogP contribution in [0.4, 0.5) is 5.69 Å². The van der Waals surface area contributed by atoms with Crippen molar-refractivity contribution < 1.29 is 4.79 Å². The summed E-state index contributed by atoms with van der Waals surface area (Å²) in [4.78, 5) is 16.3. The minimum atomic E-state index is -0.140. The first-order valence-corrected chi connectivity index (χ1v) is 7.25. The van der Waals surface area contributed by atoms with E-state index in [2.05, 4.69) is 42.2 Å². The van der Waals surface area contributed by atoms with Crippen LogP contribution in [0.5, 0.6) is 0 Å². The van der Waals surface area contributed by atoms with E-state index in [1.165, 1.54) is 0 Å². The lowest BCUT2D eigenvalue weighted by Gasteiger charge is -2.07. The fourth-order valence-electron chi connectivity index (χ4n) is 1.62. The predicted molar refractivity (Wildman–Crippen MR) is 83.5 cm³/mol. The number of amides is 1. The van der Waals surface area contributed by atoms with Gasteiger partial charge in [0.1, 0.15) is 4.60 Å². The van der Waals surface area contributed by atoms with Gasteiger partial charge >= 0.3 is 0 Å². The molecule has 1 heterocycles. The summed E-state index contributed by atoms with van der Waals surface area (Å²) in [7, 11) is 0. The number of nitrogens with one attached hydrogen (secondary N) is 1. The maximum atomic E-state index is 12.1. The third-order valence-corrected chi connectivity index (χ3v) is 4.41. The molecule has 0 aliphatic rings. The average molecular weight is 384 g/mol. The molecular formula is C14H12Br2N2O. The van der Waals surface area contributed by atoms with Gasteiger partial charge in [0.2, 0.25) is 0 Å². The molecule has 19 heavy (non-hydrogen) atoms. The Morgan fingerprint density at radius 1 is 1.16 bits per heavy atom. The SMILES string of the molecule is Cc1cc(C(=O)Nc2cnc(Br)c(C)c2)ccc1Br. The first kappa shape index (κ1) is 14.2. The highest BCUT2D eigenvalue weighted by atomic mass is 79.9. The van der Waals surface area contributed by atoms with Gasteiger partial charge in [-0.1, -0.05) is 15.9 Å². The van der Waals surface area contributed by atoms with Gasteiger partial charge in [0, 0.05) is 10.0 Å². The Balaban J connectivity index is 2.20. The van der Waals surface area contributed by atoms with Crippen molar-refractivity contribution >= 4 is 43.5 Å². The van der Waals surface area contributed by atoms with E-state index in [4.69, 9.17) is 0 Å². The van der Waals surface area contributed by atoms with Crippen LogP contribution < -0.4 is 5.32 Å². The van der Waals surface area contributed by atoms with Crippen LogP contribution in [0.1, 0.15) is 21.5 Å². The van der Waals surface area contributed by atoms with Gasteiger partial charge in [-0.25, -0.2) is 4.98 Å². The molecule has 1 aromatic heterocycles. The molecule has 0 atom stereocenters. The second-order valence-electron chi connectivity index (χ2n) is 4.25. The minimum Gasteiger partial charge on any atom is -0.321 e. The molecule has 2 rings (SSSR count). The van der Waals surface area contributed by atoms with Crippen LogP contribution in [0.3, 0.4) is 0 Å². The molecule has 0 bridgehead atoms. The number of hydrogen-bond donors (Lipinski definition) is 1. The number of pyridine rings is 1. The van der Waals surface area contributed by atoms with Gasteiger partial charge in [-0.05, 0) is 65.2 Å². The molecule has 0 fully saturated rings. The monoisotopic (exact) mass is 382 g/mol. The van der Waals surface area contributed by atoms with Gasteiger partial charge in [0.15, 0.2) is 0 Å². The summed E-state index contributed by atoms with van der Waals surface area (Å²) >= 11 is 6.74. The number of aromatic nitrogens is 1. The zero-order valence-electron chi connectivity index (χ0n) is 10.5. The summed E-state index contributed by atoms with van der Waals surface area (Å²) in [6, 6.07) is 7.38. The van der Waals surface area contributed by atoms with Gasteiger partial charge in [-0.2, -0.15) is 0 Å². The number of nitrogens with zero attached hydrogens (tertiary/aromatic N) is 1. The molecular weight excluding hydrogens is 372 g/mol. The van der Waals surface area contributed by atoms with E-state index >= 15 is 0 Å². The molecule has 2 aromatic rings. The molecule has 3 nitrogen and oxygen atoms in total. The summed E-state index contributed by atoms with van der Waals surface area (Å²) in [5.41, 5.74) is 3.31. The Bertz CT molecular complexity index is 641. The number of aryl methyl sites for hydroxylation is 2.